The van der Waals surface area contributed by atoms with Crippen LogP contribution in [0.15, 0.2) is 60.7 Å². The van der Waals surface area contributed by atoms with Crippen molar-refractivity contribution in [3.63, 3.8) is 0 Å². The molecule has 1 atom stereocenters. The van der Waals surface area contributed by atoms with Crippen LogP contribution in [0.5, 0.6) is 0 Å². The Hall–Kier alpha value is -3.34. The van der Waals surface area contributed by atoms with Crippen LogP contribution in [-0.4, -0.2) is 11.7 Å². The topological polar surface area (TPSA) is 46.2 Å². The largest absolute Gasteiger partial charge is 0.346 e. The molecule has 134 valence electrons. The van der Waals surface area contributed by atoms with Gasteiger partial charge in [-0.15, -0.1) is 0 Å². The van der Waals surface area contributed by atoms with Crippen LogP contribution >= 0.6 is 0 Å². The molecule has 1 amide bonds. The molecule has 1 aliphatic rings. The van der Waals surface area contributed by atoms with E-state index in [4.69, 9.17) is 0 Å². The average Bonchev–Trinajstić information content (AvgIpc) is 2.96. The fourth-order valence-corrected chi connectivity index (χ4v) is 3.31. The highest BCUT2D eigenvalue weighted by atomic mass is 19.2. The third kappa shape index (κ3) is 2.91. The standard InChI is InChI=1S/C22H15F2NO2/c1-12(13-7-9-19(23)20(24)11-13)25-22(27)14-6-8-16-15-4-2-3-5-17(15)21(26)18(16)10-14/h2-12H,1H3,(H,25,27). The fourth-order valence-electron chi connectivity index (χ4n) is 3.31. The van der Waals surface area contributed by atoms with Crippen LogP contribution in [0.1, 0.15) is 44.8 Å². The van der Waals surface area contributed by atoms with Crippen molar-refractivity contribution in [2.24, 2.45) is 0 Å². The summed E-state index contributed by atoms with van der Waals surface area (Å²) in [6.07, 6.45) is 0. The molecule has 0 radical (unpaired) electrons. The highest BCUT2D eigenvalue weighted by molar-refractivity contribution is 6.22. The summed E-state index contributed by atoms with van der Waals surface area (Å²) in [6.45, 7) is 1.68. The van der Waals surface area contributed by atoms with Gasteiger partial charge in [-0.05, 0) is 47.9 Å². The first-order valence-corrected chi connectivity index (χ1v) is 8.49. The zero-order valence-corrected chi connectivity index (χ0v) is 14.4. The van der Waals surface area contributed by atoms with Crippen molar-refractivity contribution in [3.05, 3.63) is 94.6 Å². The summed E-state index contributed by atoms with van der Waals surface area (Å²) >= 11 is 0. The summed E-state index contributed by atoms with van der Waals surface area (Å²) in [5, 5.41) is 2.75. The van der Waals surface area contributed by atoms with E-state index in [1.807, 2.05) is 12.1 Å². The number of carbonyl (C=O) groups is 2. The van der Waals surface area contributed by atoms with E-state index in [0.717, 1.165) is 23.3 Å². The summed E-state index contributed by atoms with van der Waals surface area (Å²) < 4.78 is 26.5. The molecule has 1 N–H and O–H groups in total. The number of nitrogens with one attached hydrogen (secondary N) is 1. The molecule has 0 saturated carbocycles. The summed E-state index contributed by atoms with van der Waals surface area (Å²) in [6, 6.07) is 15.3. The smallest absolute Gasteiger partial charge is 0.251 e. The molecule has 5 heteroatoms. The molecule has 3 aromatic carbocycles. The molecule has 0 saturated heterocycles. The maximum Gasteiger partial charge on any atom is 0.251 e. The average molecular weight is 363 g/mol. The lowest BCUT2D eigenvalue weighted by atomic mass is 10.0. The Morgan fingerprint density at radius 1 is 0.852 bits per heavy atom. The Morgan fingerprint density at radius 2 is 1.56 bits per heavy atom. The molecule has 0 heterocycles. The molecule has 0 aromatic heterocycles. The number of hydrogen-bond acceptors (Lipinski definition) is 2. The van der Waals surface area contributed by atoms with E-state index in [1.165, 1.54) is 6.07 Å². The van der Waals surface area contributed by atoms with Crippen molar-refractivity contribution >= 4 is 11.7 Å². The van der Waals surface area contributed by atoms with Gasteiger partial charge in [-0.3, -0.25) is 9.59 Å². The molecule has 27 heavy (non-hydrogen) atoms. The predicted octanol–water partition coefficient (Wildman–Crippen LogP) is 4.67. The first kappa shape index (κ1) is 17.1. The molecule has 0 fully saturated rings. The van der Waals surface area contributed by atoms with Gasteiger partial charge < -0.3 is 5.32 Å². The first-order valence-electron chi connectivity index (χ1n) is 8.49. The SMILES string of the molecule is CC(NC(=O)c1ccc2c(c1)C(=O)c1ccccc1-2)c1ccc(F)c(F)c1. The summed E-state index contributed by atoms with van der Waals surface area (Å²) in [5.41, 5.74) is 3.57. The molecule has 3 aromatic rings. The second-order valence-electron chi connectivity index (χ2n) is 6.50. The number of fused-ring (bicyclic) bond motifs is 3. The van der Waals surface area contributed by atoms with E-state index in [9.17, 15) is 18.4 Å². The number of ketones is 1. The monoisotopic (exact) mass is 363 g/mol. The van der Waals surface area contributed by atoms with Crippen LogP contribution < -0.4 is 5.32 Å². The quantitative estimate of drug-likeness (QED) is 0.575. The molecular weight excluding hydrogens is 348 g/mol. The molecule has 1 aliphatic carbocycles. The summed E-state index contributed by atoms with van der Waals surface area (Å²) in [5.74, 6) is -2.40. The van der Waals surface area contributed by atoms with Crippen LogP contribution in [-0.2, 0) is 0 Å². The minimum absolute atomic E-state index is 0.107. The van der Waals surface area contributed by atoms with Crippen LogP contribution in [0, 0.1) is 11.6 Å². The van der Waals surface area contributed by atoms with E-state index >= 15 is 0 Å². The van der Waals surface area contributed by atoms with Gasteiger partial charge in [0.05, 0.1) is 6.04 Å². The molecule has 0 spiro atoms. The maximum atomic E-state index is 13.4. The van der Waals surface area contributed by atoms with E-state index < -0.39 is 23.6 Å². The number of amides is 1. The van der Waals surface area contributed by atoms with E-state index in [1.54, 1.807) is 37.3 Å². The third-order valence-electron chi connectivity index (χ3n) is 4.78. The minimum atomic E-state index is -0.963. The number of rotatable bonds is 3. The van der Waals surface area contributed by atoms with Gasteiger partial charge in [0.2, 0.25) is 0 Å². The Kier molecular flexibility index (Phi) is 4.07. The van der Waals surface area contributed by atoms with Gasteiger partial charge in [0.15, 0.2) is 17.4 Å². The lowest BCUT2D eigenvalue weighted by Gasteiger charge is -2.15. The second kappa shape index (κ2) is 6.43. The van der Waals surface area contributed by atoms with Crippen molar-refractivity contribution in [1.29, 1.82) is 0 Å². The van der Waals surface area contributed by atoms with Crippen molar-refractivity contribution in [2.75, 3.05) is 0 Å². The zero-order chi connectivity index (χ0) is 19.1. The molecular formula is C22H15F2NO2. The van der Waals surface area contributed by atoms with Gasteiger partial charge in [-0.25, -0.2) is 8.78 Å². The Labute approximate surface area is 154 Å². The van der Waals surface area contributed by atoms with E-state index in [-0.39, 0.29) is 5.78 Å². The number of halogens is 2. The fraction of sp³-hybridized carbons (Fsp3) is 0.0909. The van der Waals surface area contributed by atoms with Gasteiger partial charge in [-0.1, -0.05) is 36.4 Å². The minimum Gasteiger partial charge on any atom is -0.346 e. The molecule has 0 bridgehead atoms. The lowest BCUT2D eigenvalue weighted by molar-refractivity contribution is 0.0940. The second-order valence-corrected chi connectivity index (χ2v) is 6.50. The molecule has 0 aliphatic heterocycles. The van der Waals surface area contributed by atoms with Crippen molar-refractivity contribution in [2.45, 2.75) is 13.0 Å². The molecule has 4 rings (SSSR count). The van der Waals surface area contributed by atoms with Crippen molar-refractivity contribution in [3.8, 4) is 11.1 Å². The van der Waals surface area contributed by atoms with Crippen LogP contribution in [0.4, 0.5) is 8.78 Å². The van der Waals surface area contributed by atoms with Crippen molar-refractivity contribution in [1.82, 2.24) is 5.32 Å². The van der Waals surface area contributed by atoms with Gasteiger partial charge in [0.1, 0.15) is 0 Å². The van der Waals surface area contributed by atoms with E-state index in [0.29, 0.717) is 22.3 Å². The van der Waals surface area contributed by atoms with Gasteiger partial charge in [-0.2, -0.15) is 0 Å². The molecule has 3 nitrogen and oxygen atoms in total. The maximum absolute atomic E-state index is 13.4. The Bertz CT molecular complexity index is 1090. The highest BCUT2D eigenvalue weighted by Crippen LogP contribution is 2.36. The third-order valence-corrected chi connectivity index (χ3v) is 4.78. The lowest BCUT2D eigenvalue weighted by Crippen LogP contribution is -2.27. The highest BCUT2D eigenvalue weighted by Gasteiger charge is 2.27. The Morgan fingerprint density at radius 3 is 2.30 bits per heavy atom. The summed E-state index contributed by atoms with van der Waals surface area (Å²) in [7, 11) is 0. The van der Waals surface area contributed by atoms with Gasteiger partial charge in [0.25, 0.3) is 5.91 Å². The van der Waals surface area contributed by atoms with Crippen LogP contribution in [0.2, 0.25) is 0 Å². The summed E-state index contributed by atoms with van der Waals surface area (Å²) in [4.78, 5) is 25.1. The number of hydrogen-bond donors (Lipinski definition) is 1. The normalized spacial score (nSPS) is 13.1. The van der Waals surface area contributed by atoms with Crippen LogP contribution in [0.25, 0.3) is 11.1 Å². The zero-order valence-electron chi connectivity index (χ0n) is 14.4. The first-order chi connectivity index (χ1) is 13.0. The number of carbonyl (C=O) groups excluding carboxylic acids is 2. The van der Waals surface area contributed by atoms with Gasteiger partial charge >= 0.3 is 0 Å². The van der Waals surface area contributed by atoms with Gasteiger partial charge in [0, 0.05) is 16.7 Å². The van der Waals surface area contributed by atoms with Crippen molar-refractivity contribution < 1.29 is 18.4 Å². The number of benzene rings is 3. The van der Waals surface area contributed by atoms with Crippen LogP contribution in [0.3, 0.4) is 0 Å². The molecule has 1 unspecified atom stereocenters. The van der Waals surface area contributed by atoms with E-state index in [2.05, 4.69) is 5.32 Å². The Balaban J connectivity index is 1.59. The predicted molar refractivity (Wildman–Crippen MR) is 97.5 cm³/mol.